The van der Waals surface area contributed by atoms with Crippen molar-refractivity contribution in [1.82, 2.24) is 0 Å². The van der Waals surface area contributed by atoms with Crippen LogP contribution >= 0.6 is 0 Å². The van der Waals surface area contributed by atoms with Gasteiger partial charge in [-0.25, -0.2) is 0 Å². The van der Waals surface area contributed by atoms with E-state index in [-0.39, 0.29) is 5.91 Å². The molecule has 2 aromatic rings. The molecule has 1 saturated heterocycles. The minimum Gasteiger partial charge on any atom is -0.497 e. The number of carbonyl (C=O) groups is 1. The molecule has 1 heterocycles. The van der Waals surface area contributed by atoms with Gasteiger partial charge in [0.05, 0.1) is 38.3 Å². The van der Waals surface area contributed by atoms with Crippen molar-refractivity contribution in [2.24, 2.45) is 0 Å². The number of carbonyl (C=O) groups excluding carboxylic acids is 1. The molecule has 150 valence electrons. The van der Waals surface area contributed by atoms with Gasteiger partial charge in [0.15, 0.2) is 0 Å². The second kappa shape index (κ2) is 9.99. The Hall–Kier alpha value is -2.73. The van der Waals surface area contributed by atoms with E-state index in [1.165, 1.54) is 0 Å². The number of hydrogen-bond donors (Lipinski definition) is 1. The van der Waals surface area contributed by atoms with E-state index in [0.29, 0.717) is 36.9 Å². The number of ether oxygens (including phenoxy) is 3. The summed E-state index contributed by atoms with van der Waals surface area (Å²) in [5.41, 5.74) is 2.25. The molecule has 1 aliphatic heterocycles. The molecule has 1 N–H and O–H groups in total. The summed E-state index contributed by atoms with van der Waals surface area (Å²) in [6.45, 7) is 5.70. The Balaban J connectivity index is 1.78. The number of amides is 1. The predicted molar refractivity (Wildman–Crippen MR) is 111 cm³/mol. The van der Waals surface area contributed by atoms with Crippen molar-refractivity contribution in [3.8, 4) is 11.5 Å². The van der Waals surface area contributed by atoms with E-state index >= 15 is 0 Å². The zero-order valence-corrected chi connectivity index (χ0v) is 16.6. The molecule has 1 fully saturated rings. The Morgan fingerprint density at radius 3 is 2.71 bits per heavy atom. The van der Waals surface area contributed by atoms with Crippen LogP contribution in [0.15, 0.2) is 42.5 Å². The molecular weight excluding hydrogens is 356 g/mol. The molecule has 6 heteroatoms. The Bertz CT molecular complexity index is 788. The molecule has 1 amide bonds. The lowest BCUT2D eigenvalue weighted by Gasteiger charge is -2.30. The van der Waals surface area contributed by atoms with Crippen molar-refractivity contribution in [2.75, 3.05) is 50.2 Å². The zero-order chi connectivity index (χ0) is 19.8. The van der Waals surface area contributed by atoms with Crippen molar-refractivity contribution < 1.29 is 19.0 Å². The average Bonchev–Trinajstić information content (AvgIpc) is 2.74. The summed E-state index contributed by atoms with van der Waals surface area (Å²) in [5, 5.41) is 3.04. The van der Waals surface area contributed by atoms with Crippen LogP contribution in [0.4, 0.5) is 11.4 Å². The third-order valence-electron chi connectivity index (χ3n) is 4.67. The predicted octanol–water partition coefficient (Wildman–Crippen LogP) is 3.96. The topological polar surface area (TPSA) is 60.0 Å². The molecule has 0 atom stereocenters. The summed E-state index contributed by atoms with van der Waals surface area (Å²) in [4.78, 5) is 15.1. The maximum absolute atomic E-state index is 12.9. The van der Waals surface area contributed by atoms with Crippen molar-refractivity contribution in [3.05, 3.63) is 48.0 Å². The minimum atomic E-state index is -0.177. The van der Waals surface area contributed by atoms with Gasteiger partial charge in [-0.2, -0.15) is 0 Å². The van der Waals surface area contributed by atoms with Crippen molar-refractivity contribution >= 4 is 17.3 Å². The third kappa shape index (κ3) is 5.16. The van der Waals surface area contributed by atoms with Crippen LogP contribution < -0.4 is 19.7 Å². The van der Waals surface area contributed by atoms with E-state index in [4.69, 9.17) is 14.2 Å². The van der Waals surface area contributed by atoms with Gasteiger partial charge in [0.25, 0.3) is 5.91 Å². The van der Waals surface area contributed by atoms with Gasteiger partial charge in [0.1, 0.15) is 11.5 Å². The van der Waals surface area contributed by atoms with Gasteiger partial charge >= 0.3 is 0 Å². The maximum Gasteiger partial charge on any atom is 0.255 e. The third-order valence-corrected chi connectivity index (χ3v) is 4.67. The van der Waals surface area contributed by atoms with Crippen molar-refractivity contribution in [3.63, 3.8) is 0 Å². The molecule has 0 spiro atoms. The Morgan fingerprint density at radius 2 is 1.96 bits per heavy atom. The van der Waals surface area contributed by atoms with E-state index in [1.54, 1.807) is 19.2 Å². The number of morpholine rings is 1. The number of rotatable bonds is 8. The highest BCUT2D eigenvalue weighted by Crippen LogP contribution is 2.31. The molecule has 0 radical (unpaired) electrons. The Morgan fingerprint density at radius 1 is 1.14 bits per heavy atom. The molecule has 3 rings (SSSR count). The number of hydrogen-bond acceptors (Lipinski definition) is 5. The fourth-order valence-corrected chi connectivity index (χ4v) is 3.08. The Kier molecular flexibility index (Phi) is 7.14. The molecule has 6 nitrogen and oxygen atoms in total. The maximum atomic E-state index is 12.9. The van der Waals surface area contributed by atoms with Crippen LogP contribution in [0, 0.1) is 0 Å². The fraction of sp³-hybridized carbons (Fsp3) is 0.409. The van der Waals surface area contributed by atoms with E-state index in [9.17, 15) is 4.79 Å². The summed E-state index contributed by atoms with van der Waals surface area (Å²) < 4.78 is 16.5. The smallest absolute Gasteiger partial charge is 0.255 e. The first-order valence-electron chi connectivity index (χ1n) is 9.76. The number of anilines is 2. The summed E-state index contributed by atoms with van der Waals surface area (Å²) in [7, 11) is 1.62. The highest BCUT2D eigenvalue weighted by molar-refractivity contribution is 6.06. The Labute approximate surface area is 166 Å². The lowest BCUT2D eigenvalue weighted by Crippen LogP contribution is -2.36. The first-order valence-corrected chi connectivity index (χ1v) is 9.76. The molecule has 0 bridgehead atoms. The standard InChI is InChI=1S/C22H28N2O4/c1-3-4-12-28-19-7-5-6-17(15-19)22(25)23-20-16-18(26-2)8-9-21(20)24-10-13-27-14-11-24/h5-9,15-16H,3-4,10-14H2,1-2H3,(H,23,25). The number of benzene rings is 2. The molecule has 0 saturated carbocycles. The number of methoxy groups -OCH3 is 1. The van der Waals surface area contributed by atoms with E-state index in [0.717, 1.165) is 37.3 Å². The van der Waals surface area contributed by atoms with Crippen LogP contribution in [0.5, 0.6) is 11.5 Å². The van der Waals surface area contributed by atoms with Gasteiger partial charge in [-0.1, -0.05) is 19.4 Å². The van der Waals surface area contributed by atoms with E-state index < -0.39 is 0 Å². The monoisotopic (exact) mass is 384 g/mol. The molecule has 1 aliphatic rings. The summed E-state index contributed by atoms with van der Waals surface area (Å²) in [6, 6.07) is 13.0. The first-order chi connectivity index (χ1) is 13.7. The van der Waals surface area contributed by atoms with Crippen LogP contribution in [-0.2, 0) is 4.74 Å². The van der Waals surface area contributed by atoms with Crippen LogP contribution in [0.3, 0.4) is 0 Å². The van der Waals surface area contributed by atoms with E-state index in [2.05, 4.69) is 17.1 Å². The van der Waals surface area contributed by atoms with Crippen molar-refractivity contribution in [1.29, 1.82) is 0 Å². The largest absolute Gasteiger partial charge is 0.497 e. The number of unbranched alkanes of at least 4 members (excludes halogenated alkanes) is 1. The summed E-state index contributed by atoms with van der Waals surface area (Å²) in [5.74, 6) is 1.23. The molecule has 2 aromatic carbocycles. The number of nitrogens with zero attached hydrogens (tertiary/aromatic N) is 1. The highest BCUT2D eigenvalue weighted by Gasteiger charge is 2.18. The van der Waals surface area contributed by atoms with Gasteiger partial charge in [-0.05, 0) is 36.8 Å². The summed E-state index contributed by atoms with van der Waals surface area (Å²) in [6.07, 6.45) is 2.06. The lowest BCUT2D eigenvalue weighted by atomic mass is 10.1. The van der Waals surface area contributed by atoms with Crippen LogP contribution in [0.1, 0.15) is 30.1 Å². The van der Waals surface area contributed by atoms with Crippen molar-refractivity contribution in [2.45, 2.75) is 19.8 Å². The number of nitrogens with one attached hydrogen (secondary N) is 1. The molecular formula is C22H28N2O4. The highest BCUT2D eigenvalue weighted by atomic mass is 16.5. The fourth-order valence-electron chi connectivity index (χ4n) is 3.08. The molecule has 28 heavy (non-hydrogen) atoms. The van der Waals surface area contributed by atoms with Crippen LogP contribution in [-0.4, -0.2) is 45.9 Å². The molecule has 0 aliphatic carbocycles. The van der Waals surface area contributed by atoms with Gasteiger partial charge in [-0.3, -0.25) is 4.79 Å². The lowest BCUT2D eigenvalue weighted by molar-refractivity contribution is 0.102. The second-order valence-electron chi connectivity index (χ2n) is 6.67. The SMILES string of the molecule is CCCCOc1cccc(C(=O)Nc2cc(OC)ccc2N2CCOCC2)c1. The molecule has 0 unspecified atom stereocenters. The van der Waals surface area contributed by atoms with Crippen LogP contribution in [0.25, 0.3) is 0 Å². The summed E-state index contributed by atoms with van der Waals surface area (Å²) >= 11 is 0. The van der Waals surface area contributed by atoms with Gasteiger partial charge in [0, 0.05) is 24.7 Å². The van der Waals surface area contributed by atoms with Gasteiger partial charge in [-0.15, -0.1) is 0 Å². The quantitative estimate of drug-likeness (QED) is 0.698. The van der Waals surface area contributed by atoms with E-state index in [1.807, 2.05) is 30.3 Å². The normalized spacial score (nSPS) is 13.9. The van der Waals surface area contributed by atoms with Crippen LogP contribution in [0.2, 0.25) is 0 Å². The first kappa shape index (κ1) is 20.0. The zero-order valence-electron chi connectivity index (χ0n) is 16.6. The average molecular weight is 384 g/mol. The minimum absolute atomic E-state index is 0.177. The molecule has 0 aromatic heterocycles. The van der Waals surface area contributed by atoms with Gasteiger partial charge in [0.2, 0.25) is 0 Å². The second-order valence-corrected chi connectivity index (χ2v) is 6.67. The van der Waals surface area contributed by atoms with Gasteiger partial charge < -0.3 is 24.4 Å².